The summed E-state index contributed by atoms with van der Waals surface area (Å²) in [6.07, 6.45) is 3.07. The molecule has 0 aliphatic heterocycles. The summed E-state index contributed by atoms with van der Waals surface area (Å²) in [5, 5.41) is 0. The van der Waals surface area contributed by atoms with Crippen molar-refractivity contribution >= 4 is 15.9 Å². The van der Waals surface area contributed by atoms with Crippen molar-refractivity contribution in [1.82, 2.24) is 19.9 Å². The number of hydrogen-bond acceptors (Lipinski definition) is 4. The fourth-order valence-electron chi connectivity index (χ4n) is 1.10. The molecule has 0 spiro atoms. The molecule has 0 saturated carbocycles. The zero-order valence-electron chi connectivity index (χ0n) is 7.86. The van der Waals surface area contributed by atoms with Gasteiger partial charge in [0.15, 0.2) is 5.82 Å². The molecule has 2 aromatic heterocycles. The third kappa shape index (κ3) is 2.10. The molecule has 0 amide bonds. The van der Waals surface area contributed by atoms with Gasteiger partial charge in [-0.2, -0.15) is 0 Å². The number of rotatable bonds is 1. The molecular weight excluding hydrogens is 260 g/mol. The number of halogens is 1. The van der Waals surface area contributed by atoms with Crippen molar-refractivity contribution in [3.8, 4) is 11.5 Å². The van der Waals surface area contributed by atoms with Crippen LogP contribution in [0, 0.1) is 6.92 Å². The zero-order valence-corrected chi connectivity index (χ0v) is 9.45. The molecule has 0 aromatic carbocycles. The van der Waals surface area contributed by atoms with Crippen LogP contribution < -0.4 is 5.56 Å². The number of nitrogens with one attached hydrogen (secondary N) is 1. The van der Waals surface area contributed by atoms with Crippen molar-refractivity contribution in [2.75, 3.05) is 0 Å². The van der Waals surface area contributed by atoms with Crippen molar-refractivity contribution in [2.24, 2.45) is 0 Å². The molecule has 2 aromatic rings. The van der Waals surface area contributed by atoms with E-state index in [4.69, 9.17) is 0 Å². The Morgan fingerprint density at radius 2 is 2.20 bits per heavy atom. The first-order valence-corrected chi connectivity index (χ1v) is 5.01. The normalized spacial score (nSPS) is 10.3. The van der Waals surface area contributed by atoms with Crippen molar-refractivity contribution in [2.45, 2.75) is 6.92 Å². The van der Waals surface area contributed by atoms with Gasteiger partial charge in [-0.3, -0.25) is 4.79 Å². The van der Waals surface area contributed by atoms with Crippen LogP contribution in [0.3, 0.4) is 0 Å². The predicted molar refractivity (Wildman–Crippen MR) is 58.3 cm³/mol. The van der Waals surface area contributed by atoms with Crippen LogP contribution in [0.5, 0.6) is 0 Å². The molecule has 0 saturated heterocycles. The van der Waals surface area contributed by atoms with Crippen LogP contribution in [0.25, 0.3) is 11.5 Å². The number of aryl methyl sites for hydroxylation is 1. The minimum absolute atomic E-state index is 0.226. The Morgan fingerprint density at radius 3 is 2.87 bits per heavy atom. The molecule has 0 atom stereocenters. The third-order valence-corrected chi connectivity index (χ3v) is 2.34. The van der Waals surface area contributed by atoms with Gasteiger partial charge in [-0.25, -0.2) is 15.0 Å². The van der Waals surface area contributed by atoms with Crippen LogP contribution in [0.2, 0.25) is 0 Å². The van der Waals surface area contributed by atoms with E-state index in [0.717, 1.165) is 0 Å². The standard InChI is InChI=1S/C9H7BrN4O/c1-5-11-3-2-7(13-5)8-12-4-6(10)9(15)14-8/h2-4H,1H3,(H,12,14,15). The molecule has 0 fully saturated rings. The highest BCUT2D eigenvalue weighted by molar-refractivity contribution is 9.10. The molecule has 2 heterocycles. The fraction of sp³-hybridized carbons (Fsp3) is 0.111. The maximum Gasteiger partial charge on any atom is 0.265 e. The van der Waals surface area contributed by atoms with Gasteiger partial charge in [-0.15, -0.1) is 0 Å². The highest BCUT2D eigenvalue weighted by atomic mass is 79.9. The summed E-state index contributed by atoms with van der Waals surface area (Å²) in [6.45, 7) is 1.78. The predicted octanol–water partition coefficient (Wildman–Crippen LogP) is 1.30. The average Bonchev–Trinajstić information content (AvgIpc) is 2.22. The largest absolute Gasteiger partial charge is 0.304 e. The van der Waals surface area contributed by atoms with Gasteiger partial charge in [0.05, 0.1) is 0 Å². The zero-order chi connectivity index (χ0) is 10.8. The Kier molecular flexibility index (Phi) is 2.59. The fourth-order valence-corrected chi connectivity index (χ4v) is 1.30. The molecule has 0 radical (unpaired) electrons. The van der Waals surface area contributed by atoms with Gasteiger partial charge in [0.25, 0.3) is 5.56 Å². The van der Waals surface area contributed by atoms with Gasteiger partial charge >= 0.3 is 0 Å². The lowest BCUT2D eigenvalue weighted by Gasteiger charge is -1.99. The lowest BCUT2D eigenvalue weighted by atomic mass is 10.3. The highest BCUT2D eigenvalue weighted by Gasteiger charge is 2.04. The number of aromatic amines is 1. The second-order valence-corrected chi connectivity index (χ2v) is 3.75. The van der Waals surface area contributed by atoms with Crippen LogP contribution in [-0.4, -0.2) is 19.9 Å². The first kappa shape index (κ1) is 9.97. The van der Waals surface area contributed by atoms with Crippen molar-refractivity contribution in [3.05, 3.63) is 39.1 Å². The minimum Gasteiger partial charge on any atom is -0.304 e. The summed E-state index contributed by atoms with van der Waals surface area (Å²) in [6, 6.07) is 1.69. The van der Waals surface area contributed by atoms with Crippen molar-refractivity contribution in [3.63, 3.8) is 0 Å². The van der Waals surface area contributed by atoms with E-state index in [1.165, 1.54) is 6.20 Å². The van der Waals surface area contributed by atoms with Gasteiger partial charge in [0.2, 0.25) is 0 Å². The summed E-state index contributed by atoms with van der Waals surface area (Å²) in [4.78, 5) is 26.1. The van der Waals surface area contributed by atoms with Crippen LogP contribution >= 0.6 is 15.9 Å². The summed E-state index contributed by atoms with van der Waals surface area (Å²) in [5.41, 5.74) is 0.378. The first-order valence-electron chi connectivity index (χ1n) is 4.21. The minimum atomic E-state index is -0.226. The highest BCUT2D eigenvalue weighted by Crippen LogP contribution is 2.09. The molecule has 6 heteroatoms. The SMILES string of the molecule is Cc1nccc(-c2ncc(Br)c(=O)[nH]2)n1. The second kappa shape index (κ2) is 3.90. The first-order chi connectivity index (χ1) is 7.16. The number of aromatic nitrogens is 4. The summed E-state index contributed by atoms with van der Waals surface area (Å²) >= 11 is 3.08. The quantitative estimate of drug-likeness (QED) is 0.845. The van der Waals surface area contributed by atoms with Crippen LogP contribution in [0.15, 0.2) is 27.7 Å². The lowest BCUT2D eigenvalue weighted by molar-refractivity contribution is 1.02. The van der Waals surface area contributed by atoms with Crippen molar-refractivity contribution in [1.29, 1.82) is 0 Å². The number of hydrogen-bond donors (Lipinski definition) is 1. The van der Waals surface area contributed by atoms with Gasteiger partial charge in [0, 0.05) is 12.4 Å². The Bertz CT molecular complexity index is 552. The molecule has 0 aliphatic carbocycles. The summed E-state index contributed by atoms with van der Waals surface area (Å²) in [7, 11) is 0. The molecule has 76 valence electrons. The van der Waals surface area contributed by atoms with Gasteiger partial charge in [-0.1, -0.05) is 0 Å². The average molecular weight is 267 g/mol. The molecule has 0 bridgehead atoms. The monoisotopic (exact) mass is 266 g/mol. The van der Waals surface area contributed by atoms with E-state index in [2.05, 4.69) is 35.9 Å². The van der Waals surface area contributed by atoms with Gasteiger partial charge in [-0.05, 0) is 28.9 Å². The van der Waals surface area contributed by atoms with E-state index >= 15 is 0 Å². The van der Waals surface area contributed by atoms with Crippen LogP contribution in [-0.2, 0) is 0 Å². The van der Waals surface area contributed by atoms with Crippen molar-refractivity contribution < 1.29 is 0 Å². The number of H-pyrrole nitrogens is 1. The number of nitrogens with zero attached hydrogens (tertiary/aromatic N) is 3. The van der Waals surface area contributed by atoms with E-state index in [0.29, 0.717) is 21.8 Å². The Labute approximate surface area is 93.8 Å². The molecule has 15 heavy (non-hydrogen) atoms. The van der Waals surface area contributed by atoms with E-state index in [-0.39, 0.29) is 5.56 Å². The smallest absolute Gasteiger partial charge is 0.265 e. The molecular formula is C9H7BrN4O. The Balaban J connectivity index is 2.55. The van der Waals surface area contributed by atoms with Gasteiger partial charge in [0.1, 0.15) is 16.0 Å². The third-order valence-electron chi connectivity index (χ3n) is 1.77. The van der Waals surface area contributed by atoms with E-state index in [1.54, 1.807) is 19.2 Å². The molecule has 0 aliphatic rings. The molecule has 2 rings (SSSR count). The summed E-state index contributed by atoms with van der Waals surface area (Å²) < 4.78 is 0.400. The molecule has 5 nitrogen and oxygen atoms in total. The van der Waals surface area contributed by atoms with E-state index in [1.807, 2.05) is 0 Å². The van der Waals surface area contributed by atoms with E-state index in [9.17, 15) is 4.79 Å². The summed E-state index contributed by atoms with van der Waals surface area (Å²) in [5.74, 6) is 1.08. The van der Waals surface area contributed by atoms with Crippen LogP contribution in [0.4, 0.5) is 0 Å². The van der Waals surface area contributed by atoms with E-state index < -0.39 is 0 Å². The molecule has 1 N–H and O–H groups in total. The topological polar surface area (TPSA) is 71.5 Å². The Hall–Kier alpha value is -1.56. The van der Waals surface area contributed by atoms with Gasteiger partial charge < -0.3 is 4.98 Å². The lowest BCUT2D eigenvalue weighted by Crippen LogP contribution is -2.09. The molecule has 0 unspecified atom stereocenters. The maximum absolute atomic E-state index is 11.3. The second-order valence-electron chi connectivity index (χ2n) is 2.90. The van der Waals surface area contributed by atoms with Crippen LogP contribution in [0.1, 0.15) is 5.82 Å². The Morgan fingerprint density at radius 1 is 1.40 bits per heavy atom. The maximum atomic E-state index is 11.3.